The maximum atomic E-state index is 12.7. The van der Waals surface area contributed by atoms with Gasteiger partial charge >= 0.3 is 0 Å². The summed E-state index contributed by atoms with van der Waals surface area (Å²) in [6, 6.07) is 19.8. The maximum Gasteiger partial charge on any atom is 0.251 e. The number of amides is 1. The molecule has 1 aliphatic rings. The fourth-order valence-corrected chi connectivity index (χ4v) is 4.98. The number of nitrogens with one attached hydrogen (secondary N) is 2. The first-order valence-corrected chi connectivity index (χ1v) is 12.0. The summed E-state index contributed by atoms with van der Waals surface area (Å²) in [5.74, 6) is 1.64. The molecule has 1 aliphatic heterocycles. The van der Waals surface area contributed by atoms with Gasteiger partial charge in [0.15, 0.2) is 5.16 Å². The second-order valence-corrected chi connectivity index (χ2v) is 8.99. The molecule has 5 rings (SSSR count). The molecule has 0 spiro atoms. The third kappa shape index (κ3) is 4.74. The van der Waals surface area contributed by atoms with Gasteiger partial charge in [-0.25, -0.2) is 4.98 Å². The zero-order valence-corrected chi connectivity index (χ0v) is 18.6. The highest BCUT2D eigenvalue weighted by molar-refractivity contribution is 7.98. The molecule has 4 aromatic rings. The van der Waals surface area contributed by atoms with Gasteiger partial charge in [-0.3, -0.25) is 9.69 Å². The number of hydrogen-bond donors (Lipinski definition) is 2. The second kappa shape index (κ2) is 9.63. The summed E-state index contributed by atoms with van der Waals surface area (Å²) < 4.78 is 5.64. The van der Waals surface area contributed by atoms with E-state index in [2.05, 4.69) is 20.2 Å². The first-order chi connectivity index (χ1) is 15.8. The van der Waals surface area contributed by atoms with Crippen molar-refractivity contribution >= 4 is 28.7 Å². The van der Waals surface area contributed by atoms with E-state index in [1.165, 1.54) is 12.8 Å². The van der Waals surface area contributed by atoms with E-state index in [0.29, 0.717) is 12.1 Å². The number of carbonyl (C=O) groups excluding carboxylic acids is 1. The van der Waals surface area contributed by atoms with Gasteiger partial charge in [0, 0.05) is 17.9 Å². The molecule has 0 unspecified atom stereocenters. The quantitative estimate of drug-likeness (QED) is 0.372. The predicted molar refractivity (Wildman–Crippen MR) is 127 cm³/mol. The van der Waals surface area contributed by atoms with Gasteiger partial charge in [0.05, 0.1) is 23.3 Å². The molecule has 1 atom stereocenters. The Labute approximate surface area is 191 Å². The Balaban J connectivity index is 1.17. The van der Waals surface area contributed by atoms with Crippen LogP contribution < -0.4 is 5.32 Å². The highest BCUT2D eigenvalue weighted by atomic mass is 32.2. The Bertz CT molecular complexity index is 1130. The normalized spacial score (nSPS) is 15.2. The number of carbonyl (C=O) groups is 1. The van der Waals surface area contributed by atoms with Crippen LogP contribution in [0.15, 0.2) is 76.5 Å². The summed E-state index contributed by atoms with van der Waals surface area (Å²) in [7, 11) is 0. The Morgan fingerprint density at radius 1 is 1.09 bits per heavy atom. The fraction of sp³-hybridized carbons (Fsp3) is 0.280. The number of benzene rings is 2. The maximum absolute atomic E-state index is 12.7. The van der Waals surface area contributed by atoms with Gasteiger partial charge in [-0.15, -0.1) is 0 Å². The highest BCUT2D eigenvalue weighted by Crippen LogP contribution is 2.25. The molecule has 164 valence electrons. The molecule has 0 radical (unpaired) electrons. The number of rotatable bonds is 8. The average molecular weight is 447 g/mol. The Morgan fingerprint density at radius 2 is 1.91 bits per heavy atom. The Morgan fingerprint density at radius 3 is 2.66 bits per heavy atom. The van der Waals surface area contributed by atoms with E-state index in [9.17, 15) is 4.79 Å². The van der Waals surface area contributed by atoms with Crippen LogP contribution in [0.2, 0.25) is 0 Å². The lowest BCUT2D eigenvalue weighted by Gasteiger charge is -2.26. The summed E-state index contributed by atoms with van der Waals surface area (Å²) in [6.45, 7) is 2.62. The first-order valence-electron chi connectivity index (χ1n) is 11.0. The molecule has 2 N–H and O–H groups in total. The van der Waals surface area contributed by atoms with Crippen LogP contribution in [0.25, 0.3) is 11.0 Å². The zero-order chi connectivity index (χ0) is 21.8. The minimum absolute atomic E-state index is 0.0581. The largest absolute Gasteiger partial charge is 0.468 e. The van der Waals surface area contributed by atoms with Gasteiger partial charge in [-0.05, 0) is 67.9 Å². The summed E-state index contributed by atoms with van der Waals surface area (Å²) in [6.07, 6.45) is 4.08. The molecule has 0 saturated carbocycles. The minimum Gasteiger partial charge on any atom is -0.468 e. The van der Waals surface area contributed by atoms with E-state index in [-0.39, 0.29) is 11.9 Å². The van der Waals surface area contributed by atoms with Crippen molar-refractivity contribution in [3.05, 3.63) is 83.8 Å². The Kier molecular flexibility index (Phi) is 6.27. The van der Waals surface area contributed by atoms with Crippen molar-refractivity contribution in [3.63, 3.8) is 0 Å². The lowest BCUT2D eigenvalue weighted by Crippen LogP contribution is -2.36. The number of nitrogens with zero attached hydrogens (tertiary/aromatic N) is 2. The number of aromatic amines is 1. The monoisotopic (exact) mass is 446 g/mol. The standard InChI is InChI=1S/C25H26N4O2S/c30-24(26-16-22(23-8-5-15-31-23)29-13-3-4-14-29)19-11-9-18(10-12-19)17-32-25-27-20-6-1-2-7-21(20)28-25/h1-2,5-12,15,22H,3-4,13-14,16-17H2,(H,26,30)(H,27,28)/t22-/m0/s1. The van der Waals surface area contributed by atoms with E-state index in [0.717, 1.165) is 46.4 Å². The molecule has 6 nitrogen and oxygen atoms in total. The fourth-order valence-electron chi connectivity index (χ4n) is 4.14. The smallest absolute Gasteiger partial charge is 0.251 e. The number of hydrogen-bond acceptors (Lipinski definition) is 5. The van der Waals surface area contributed by atoms with Crippen LogP contribution in [0.1, 0.15) is 40.6 Å². The van der Waals surface area contributed by atoms with Crippen molar-refractivity contribution in [2.24, 2.45) is 0 Å². The third-order valence-corrected chi connectivity index (χ3v) is 6.81. The van der Waals surface area contributed by atoms with E-state index >= 15 is 0 Å². The number of furan rings is 1. The molecular formula is C25H26N4O2S. The number of aromatic nitrogens is 2. The molecule has 7 heteroatoms. The highest BCUT2D eigenvalue weighted by Gasteiger charge is 2.26. The van der Waals surface area contributed by atoms with Gasteiger partial charge in [0.1, 0.15) is 5.76 Å². The van der Waals surface area contributed by atoms with E-state index in [4.69, 9.17) is 4.42 Å². The number of likely N-dealkylation sites (tertiary alicyclic amines) is 1. The third-order valence-electron chi connectivity index (χ3n) is 5.87. The molecular weight excluding hydrogens is 420 g/mol. The number of para-hydroxylation sites is 2. The van der Waals surface area contributed by atoms with Crippen molar-refractivity contribution in [1.29, 1.82) is 0 Å². The predicted octanol–water partition coefficient (Wildman–Crippen LogP) is 5.02. The van der Waals surface area contributed by atoms with Crippen molar-refractivity contribution in [2.45, 2.75) is 29.8 Å². The van der Waals surface area contributed by atoms with Crippen LogP contribution in [0, 0.1) is 0 Å². The topological polar surface area (TPSA) is 74.2 Å². The van der Waals surface area contributed by atoms with Crippen molar-refractivity contribution in [2.75, 3.05) is 19.6 Å². The molecule has 0 bridgehead atoms. The minimum atomic E-state index is -0.0581. The molecule has 3 heterocycles. The number of thioether (sulfide) groups is 1. The van der Waals surface area contributed by atoms with E-state index < -0.39 is 0 Å². The average Bonchev–Trinajstić information content (AvgIpc) is 3.60. The molecule has 32 heavy (non-hydrogen) atoms. The summed E-state index contributed by atoms with van der Waals surface area (Å²) >= 11 is 1.66. The number of fused-ring (bicyclic) bond motifs is 1. The molecule has 0 aliphatic carbocycles. The summed E-state index contributed by atoms with van der Waals surface area (Å²) in [5, 5.41) is 4.00. The summed E-state index contributed by atoms with van der Waals surface area (Å²) in [4.78, 5) is 23.1. The zero-order valence-electron chi connectivity index (χ0n) is 17.8. The van der Waals surface area contributed by atoms with Gasteiger partial charge in [-0.2, -0.15) is 0 Å². The number of H-pyrrole nitrogens is 1. The Hall–Kier alpha value is -3.03. The molecule has 1 saturated heterocycles. The van der Waals surface area contributed by atoms with Crippen LogP contribution >= 0.6 is 11.8 Å². The van der Waals surface area contributed by atoms with Crippen LogP contribution in [0.5, 0.6) is 0 Å². The molecule has 2 aromatic carbocycles. The van der Waals surface area contributed by atoms with E-state index in [1.807, 2.05) is 60.7 Å². The van der Waals surface area contributed by atoms with Gasteiger partial charge in [0.25, 0.3) is 5.91 Å². The lowest BCUT2D eigenvalue weighted by atomic mass is 10.1. The summed E-state index contributed by atoms with van der Waals surface area (Å²) in [5.41, 5.74) is 3.84. The number of imidazole rings is 1. The van der Waals surface area contributed by atoms with Crippen LogP contribution in [0.4, 0.5) is 0 Å². The molecule has 1 amide bonds. The van der Waals surface area contributed by atoms with Crippen LogP contribution in [-0.2, 0) is 5.75 Å². The van der Waals surface area contributed by atoms with Crippen LogP contribution in [-0.4, -0.2) is 40.4 Å². The van der Waals surface area contributed by atoms with Gasteiger partial charge in [-0.1, -0.05) is 36.0 Å². The van der Waals surface area contributed by atoms with Crippen molar-refractivity contribution < 1.29 is 9.21 Å². The SMILES string of the molecule is O=C(NC[C@@H](c1ccco1)N1CCCC1)c1ccc(CSc2nc3ccccc3[nH]2)cc1. The molecule has 2 aromatic heterocycles. The van der Waals surface area contributed by atoms with Crippen LogP contribution in [0.3, 0.4) is 0 Å². The lowest BCUT2D eigenvalue weighted by molar-refractivity contribution is 0.0934. The first kappa shape index (κ1) is 20.8. The van der Waals surface area contributed by atoms with E-state index in [1.54, 1.807) is 18.0 Å². The van der Waals surface area contributed by atoms with Crippen molar-refractivity contribution in [1.82, 2.24) is 20.2 Å². The van der Waals surface area contributed by atoms with Gasteiger partial charge in [0.2, 0.25) is 0 Å². The molecule has 1 fully saturated rings. The van der Waals surface area contributed by atoms with Crippen molar-refractivity contribution in [3.8, 4) is 0 Å². The van der Waals surface area contributed by atoms with Gasteiger partial charge < -0.3 is 14.7 Å². The second-order valence-electron chi connectivity index (χ2n) is 8.03.